The average Bonchev–Trinajstić information content (AvgIpc) is 2.61. The van der Waals surface area contributed by atoms with Gasteiger partial charge >= 0.3 is 0 Å². The van der Waals surface area contributed by atoms with Gasteiger partial charge in [-0.25, -0.2) is 9.97 Å². The molecule has 2 N–H and O–H groups in total. The van der Waals surface area contributed by atoms with Gasteiger partial charge in [0.05, 0.1) is 17.7 Å². The van der Waals surface area contributed by atoms with Crippen molar-refractivity contribution in [2.24, 2.45) is 5.73 Å². The number of nitrogens with zero attached hydrogens (tertiary/aromatic N) is 2. The number of carbonyl (C=O) groups excluding carboxylic acids is 1. The maximum absolute atomic E-state index is 10.9. The second kappa shape index (κ2) is 3.82. The van der Waals surface area contributed by atoms with Gasteiger partial charge in [-0.1, -0.05) is 0 Å². The van der Waals surface area contributed by atoms with Gasteiger partial charge in [-0.2, -0.15) is 0 Å². The van der Waals surface area contributed by atoms with Crippen molar-refractivity contribution in [2.45, 2.75) is 6.92 Å². The molecular weight excluding hydrogens is 214 g/mol. The summed E-state index contributed by atoms with van der Waals surface area (Å²) in [5, 5.41) is 0. The summed E-state index contributed by atoms with van der Waals surface area (Å²) in [6.07, 6.45) is 1.53. The smallest absolute Gasteiger partial charge is 0.258 e. The Bertz CT molecular complexity index is 509. The molecule has 0 aliphatic rings. The lowest BCUT2D eigenvalue weighted by atomic mass is 10.4. The van der Waals surface area contributed by atoms with Gasteiger partial charge in [-0.3, -0.25) is 4.79 Å². The molecule has 2 aromatic rings. The molecule has 78 valence electrons. The van der Waals surface area contributed by atoms with Gasteiger partial charge in [-0.05, 0) is 13.0 Å². The second-order valence-electron chi connectivity index (χ2n) is 2.81. The van der Waals surface area contributed by atoms with Crippen molar-refractivity contribution in [1.82, 2.24) is 9.97 Å². The van der Waals surface area contributed by atoms with E-state index in [0.29, 0.717) is 27.7 Å². The molecule has 0 unspecified atom stereocenters. The van der Waals surface area contributed by atoms with Gasteiger partial charge in [0.25, 0.3) is 5.91 Å². The number of aromatic nitrogens is 2. The Morgan fingerprint density at radius 2 is 2.47 bits per heavy atom. The van der Waals surface area contributed by atoms with Crippen molar-refractivity contribution in [3.8, 4) is 5.88 Å². The van der Waals surface area contributed by atoms with Gasteiger partial charge in [0.1, 0.15) is 10.3 Å². The molecule has 0 spiro atoms. The van der Waals surface area contributed by atoms with Crippen molar-refractivity contribution in [2.75, 3.05) is 6.61 Å². The monoisotopic (exact) mass is 223 g/mol. The van der Waals surface area contributed by atoms with Crippen LogP contribution in [0.2, 0.25) is 0 Å². The van der Waals surface area contributed by atoms with Gasteiger partial charge in [0.2, 0.25) is 5.88 Å². The van der Waals surface area contributed by atoms with E-state index in [0.717, 1.165) is 0 Å². The van der Waals surface area contributed by atoms with Crippen LogP contribution in [0, 0.1) is 0 Å². The van der Waals surface area contributed by atoms with Crippen LogP contribution in [0.1, 0.15) is 16.6 Å². The molecule has 2 heterocycles. The minimum Gasteiger partial charge on any atom is -0.477 e. The lowest BCUT2D eigenvalue weighted by Gasteiger charge is -1.99. The van der Waals surface area contributed by atoms with Crippen LogP contribution in [-0.2, 0) is 0 Å². The highest BCUT2D eigenvalue weighted by atomic mass is 32.1. The van der Waals surface area contributed by atoms with Crippen LogP contribution in [0.3, 0.4) is 0 Å². The number of primary amides is 1. The highest BCUT2D eigenvalue weighted by Crippen LogP contribution is 2.23. The largest absolute Gasteiger partial charge is 0.477 e. The Labute approximate surface area is 89.9 Å². The average molecular weight is 223 g/mol. The minimum atomic E-state index is -0.460. The number of hydrogen-bond acceptors (Lipinski definition) is 5. The quantitative estimate of drug-likeness (QED) is 0.847. The second-order valence-corrected chi connectivity index (χ2v) is 3.84. The molecule has 0 aromatic carbocycles. The number of carbonyl (C=O) groups is 1. The molecule has 0 saturated heterocycles. The van der Waals surface area contributed by atoms with Crippen molar-refractivity contribution in [1.29, 1.82) is 0 Å². The Hall–Kier alpha value is -1.69. The Morgan fingerprint density at radius 1 is 1.67 bits per heavy atom. The molecule has 5 nitrogen and oxygen atoms in total. The van der Waals surface area contributed by atoms with Crippen LogP contribution in [0.25, 0.3) is 10.3 Å². The summed E-state index contributed by atoms with van der Waals surface area (Å²) in [4.78, 5) is 20.4. The molecule has 0 fully saturated rings. The van der Waals surface area contributed by atoms with E-state index in [9.17, 15) is 4.79 Å². The summed E-state index contributed by atoms with van der Waals surface area (Å²) in [5.74, 6) is -0.00317. The third kappa shape index (κ3) is 1.89. The van der Waals surface area contributed by atoms with Crippen molar-refractivity contribution >= 4 is 27.6 Å². The number of amides is 1. The molecule has 0 aliphatic carbocycles. The molecule has 2 rings (SSSR count). The van der Waals surface area contributed by atoms with E-state index in [1.807, 2.05) is 6.92 Å². The zero-order valence-electron chi connectivity index (χ0n) is 8.06. The summed E-state index contributed by atoms with van der Waals surface area (Å²) < 4.78 is 5.20. The fourth-order valence-corrected chi connectivity index (χ4v) is 1.94. The molecule has 0 atom stereocenters. The number of fused-ring (bicyclic) bond motifs is 1. The van der Waals surface area contributed by atoms with Crippen LogP contribution >= 0.6 is 11.3 Å². The summed E-state index contributed by atoms with van der Waals surface area (Å²) in [7, 11) is 0. The van der Waals surface area contributed by atoms with E-state index in [2.05, 4.69) is 9.97 Å². The van der Waals surface area contributed by atoms with Gasteiger partial charge < -0.3 is 10.5 Å². The molecule has 0 bridgehead atoms. The number of thiophene rings is 1. The molecule has 0 saturated carbocycles. The maximum Gasteiger partial charge on any atom is 0.258 e. The third-order valence-electron chi connectivity index (χ3n) is 1.75. The first-order valence-corrected chi connectivity index (χ1v) is 5.21. The number of rotatable bonds is 3. The van der Waals surface area contributed by atoms with Crippen LogP contribution in [0.4, 0.5) is 0 Å². The summed E-state index contributed by atoms with van der Waals surface area (Å²) >= 11 is 1.23. The standard InChI is InChI=1S/C9H9N3O2S/c1-2-14-7-4-11-9-5(12-7)3-6(15-9)8(10)13/h3-4H,2H2,1H3,(H2,10,13). The normalized spacial score (nSPS) is 10.5. The lowest BCUT2D eigenvalue weighted by Crippen LogP contribution is -2.08. The Balaban J connectivity index is 2.47. The first kappa shape index (κ1) is 9.85. The van der Waals surface area contributed by atoms with E-state index in [1.165, 1.54) is 17.5 Å². The van der Waals surface area contributed by atoms with E-state index in [4.69, 9.17) is 10.5 Å². The molecule has 15 heavy (non-hydrogen) atoms. The first-order valence-electron chi connectivity index (χ1n) is 4.40. The van der Waals surface area contributed by atoms with E-state index in [-0.39, 0.29) is 0 Å². The molecule has 1 amide bonds. The van der Waals surface area contributed by atoms with E-state index < -0.39 is 5.91 Å². The summed E-state index contributed by atoms with van der Waals surface area (Å²) in [6.45, 7) is 2.40. The fourth-order valence-electron chi connectivity index (χ4n) is 1.14. The van der Waals surface area contributed by atoms with Crippen LogP contribution < -0.4 is 10.5 Å². The number of nitrogens with two attached hydrogens (primary N) is 1. The van der Waals surface area contributed by atoms with Crippen LogP contribution in [0.5, 0.6) is 5.88 Å². The number of ether oxygens (including phenoxy) is 1. The van der Waals surface area contributed by atoms with Crippen molar-refractivity contribution in [3.63, 3.8) is 0 Å². The first-order chi connectivity index (χ1) is 7.20. The van der Waals surface area contributed by atoms with Gasteiger partial charge in [0.15, 0.2) is 0 Å². The molecule has 0 aliphatic heterocycles. The SMILES string of the molecule is CCOc1cnc2sc(C(N)=O)cc2n1. The molecule has 2 aromatic heterocycles. The predicted octanol–water partition coefficient (Wildman–Crippen LogP) is 1.19. The third-order valence-corrected chi connectivity index (χ3v) is 2.80. The Kier molecular flexibility index (Phi) is 2.51. The van der Waals surface area contributed by atoms with Gasteiger partial charge in [0, 0.05) is 0 Å². The van der Waals surface area contributed by atoms with Crippen LogP contribution in [-0.4, -0.2) is 22.5 Å². The van der Waals surface area contributed by atoms with Gasteiger partial charge in [-0.15, -0.1) is 11.3 Å². The molecular formula is C9H9N3O2S. The topological polar surface area (TPSA) is 78.1 Å². The molecule has 6 heteroatoms. The number of hydrogen-bond donors (Lipinski definition) is 1. The predicted molar refractivity (Wildman–Crippen MR) is 57.1 cm³/mol. The molecule has 0 radical (unpaired) electrons. The van der Waals surface area contributed by atoms with E-state index in [1.54, 1.807) is 6.07 Å². The highest BCUT2D eigenvalue weighted by molar-refractivity contribution is 7.20. The zero-order valence-corrected chi connectivity index (χ0v) is 8.87. The Morgan fingerprint density at radius 3 is 3.13 bits per heavy atom. The summed E-state index contributed by atoms with van der Waals surface area (Å²) in [5.41, 5.74) is 5.80. The van der Waals surface area contributed by atoms with Crippen LogP contribution in [0.15, 0.2) is 12.3 Å². The van der Waals surface area contributed by atoms with Crippen molar-refractivity contribution in [3.05, 3.63) is 17.1 Å². The van der Waals surface area contributed by atoms with Crippen molar-refractivity contribution < 1.29 is 9.53 Å². The zero-order chi connectivity index (χ0) is 10.8. The fraction of sp³-hybridized carbons (Fsp3) is 0.222. The highest BCUT2D eigenvalue weighted by Gasteiger charge is 2.09. The lowest BCUT2D eigenvalue weighted by molar-refractivity contribution is 0.100. The van der Waals surface area contributed by atoms with E-state index >= 15 is 0 Å². The maximum atomic E-state index is 10.9. The minimum absolute atomic E-state index is 0.457. The summed E-state index contributed by atoms with van der Waals surface area (Å²) in [6, 6.07) is 1.62.